The number of hydrogen-bond donors (Lipinski definition) is 1. The van der Waals surface area contributed by atoms with E-state index in [-0.39, 0.29) is 0 Å². The molecule has 0 heterocycles. The Bertz CT molecular complexity index is 285. The van der Waals surface area contributed by atoms with Gasteiger partial charge in [0.1, 0.15) is 0 Å². The van der Waals surface area contributed by atoms with Crippen molar-refractivity contribution in [3.63, 3.8) is 0 Å². The third kappa shape index (κ3) is 3.95. The summed E-state index contributed by atoms with van der Waals surface area (Å²) in [6.07, 6.45) is 7.48. The lowest BCUT2D eigenvalue weighted by Gasteiger charge is -2.31. The Labute approximate surface area is 118 Å². The maximum Gasteiger partial charge on any atom is 0.0639 e. The Kier molecular flexibility index (Phi) is 4.94. The Hall–Kier alpha value is -0.0800. The smallest absolute Gasteiger partial charge is 0.0639 e. The molecular formula is C17H32O2. The molecule has 2 fully saturated rings. The van der Waals surface area contributed by atoms with Crippen LogP contribution in [-0.2, 0) is 4.74 Å². The van der Waals surface area contributed by atoms with Gasteiger partial charge < -0.3 is 9.84 Å². The second-order valence-corrected chi connectivity index (χ2v) is 7.58. The summed E-state index contributed by atoms with van der Waals surface area (Å²) < 4.78 is 6.12. The van der Waals surface area contributed by atoms with Crippen LogP contribution in [0.15, 0.2) is 0 Å². The minimum absolute atomic E-state index is 0.474. The summed E-state index contributed by atoms with van der Waals surface area (Å²) in [7, 11) is 0. The van der Waals surface area contributed by atoms with E-state index in [2.05, 4.69) is 13.8 Å². The Morgan fingerprint density at radius 1 is 1.21 bits per heavy atom. The Balaban J connectivity index is 1.78. The summed E-state index contributed by atoms with van der Waals surface area (Å²) >= 11 is 0. The fourth-order valence-corrected chi connectivity index (χ4v) is 3.91. The van der Waals surface area contributed by atoms with Crippen LogP contribution in [0.5, 0.6) is 0 Å². The van der Waals surface area contributed by atoms with Crippen LogP contribution in [0, 0.1) is 23.7 Å². The molecule has 5 atom stereocenters. The number of fused-ring (bicyclic) bond motifs is 2. The van der Waals surface area contributed by atoms with Crippen molar-refractivity contribution in [2.24, 2.45) is 23.7 Å². The first-order chi connectivity index (χ1) is 8.91. The van der Waals surface area contributed by atoms with Crippen LogP contribution in [0.2, 0.25) is 0 Å². The molecule has 2 aliphatic rings. The van der Waals surface area contributed by atoms with Gasteiger partial charge in [-0.15, -0.1) is 0 Å². The minimum atomic E-state index is -0.547. The van der Waals surface area contributed by atoms with Crippen molar-refractivity contribution in [1.29, 1.82) is 0 Å². The van der Waals surface area contributed by atoms with Gasteiger partial charge in [0.2, 0.25) is 0 Å². The first kappa shape index (κ1) is 15.3. The lowest BCUT2D eigenvalue weighted by Crippen LogP contribution is -2.28. The van der Waals surface area contributed by atoms with Gasteiger partial charge in [-0.05, 0) is 69.1 Å². The Morgan fingerprint density at radius 2 is 1.95 bits per heavy atom. The highest BCUT2D eigenvalue weighted by Crippen LogP contribution is 2.48. The van der Waals surface area contributed by atoms with Crippen LogP contribution in [0.4, 0.5) is 0 Å². The zero-order chi connectivity index (χ0) is 14.0. The van der Waals surface area contributed by atoms with Gasteiger partial charge in [-0.3, -0.25) is 0 Å². The largest absolute Gasteiger partial charge is 0.390 e. The zero-order valence-corrected chi connectivity index (χ0v) is 13.2. The Morgan fingerprint density at radius 3 is 2.58 bits per heavy atom. The van der Waals surface area contributed by atoms with Crippen molar-refractivity contribution in [2.45, 2.75) is 77.9 Å². The van der Waals surface area contributed by atoms with Gasteiger partial charge in [0.25, 0.3) is 0 Å². The van der Waals surface area contributed by atoms with Gasteiger partial charge in [0.15, 0.2) is 0 Å². The first-order valence-corrected chi connectivity index (χ1v) is 8.25. The van der Waals surface area contributed by atoms with E-state index in [1.54, 1.807) is 0 Å². The summed E-state index contributed by atoms with van der Waals surface area (Å²) in [5.41, 5.74) is -0.547. The number of hydrogen-bond acceptors (Lipinski definition) is 2. The third-order valence-electron chi connectivity index (χ3n) is 5.65. The molecule has 1 N–H and O–H groups in total. The summed E-state index contributed by atoms with van der Waals surface area (Å²) in [4.78, 5) is 0. The van der Waals surface area contributed by atoms with E-state index >= 15 is 0 Å². The van der Waals surface area contributed by atoms with Crippen molar-refractivity contribution in [1.82, 2.24) is 0 Å². The number of aliphatic hydroxyl groups is 1. The maximum absolute atomic E-state index is 10.0. The highest BCUT2D eigenvalue weighted by Gasteiger charge is 2.42. The molecule has 112 valence electrons. The minimum Gasteiger partial charge on any atom is -0.390 e. The van der Waals surface area contributed by atoms with Gasteiger partial charge >= 0.3 is 0 Å². The molecule has 0 saturated heterocycles. The SMILES string of the molecule is CCC(C)(O)CCOC1CC2CC(C(C)C)CC1C2. The van der Waals surface area contributed by atoms with Gasteiger partial charge in [0.05, 0.1) is 11.7 Å². The molecule has 0 amide bonds. The summed E-state index contributed by atoms with van der Waals surface area (Å²) in [6, 6.07) is 0. The molecule has 0 aromatic heterocycles. The zero-order valence-electron chi connectivity index (χ0n) is 13.2. The van der Waals surface area contributed by atoms with Crippen LogP contribution >= 0.6 is 0 Å². The number of ether oxygens (including phenoxy) is 1. The molecule has 5 unspecified atom stereocenters. The van der Waals surface area contributed by atoms with Crippen molar-refractivity contribution >= 4 is 0 Å². The van der Waals surface area contributed by atoms with E-state index in [0.29, 0.717) is 6.10 Å². The van der Waals surface area contributed by atoms with Crippen molar-refractivity contribution < 1.29 is 9.84 Å². The molecule has 19 heavy (non-hydrogen) atoms. The predicted molar refractivity (Wildman–Crippen MR) is 79.0 cm³/mol. The highest BCUT2D eigenvalue weighted by atomic mass is 16.5. The van der Waals surface area contributed by atoms with E-state index in [9.17, 15) is 5.11 Å². The average Bonchev–Trinajstić information content (AvgIpc) is 2.63. The molecule has 0 aromatic rings. The van der Waals surface area contributed by atoms with E-state index in [1.165, 1.54) is 25.7 Å². The topological polar surface area (TPSA) is 29.5 Å². The first-order valence-electron chi connectivity index (χ1n) is 8.25. The van der Waals surface area contributed by atoms with Gasteiger partial charge in [0, 0.05) is 6.61 Å². The molecule has 0 aliphatic heterocycles. The molecular weight excluding hydrogens is 236 g/mol. The quantitative estimate of drug-likeness (QED) is 0.788. The maximum atomic E-state index is 10.0. The van der Waals surface area contributed by atoms with Gasteiger partial charge in [-0.2, -0.15) is 0 Å². The van der Waals surface area contributed by atoms with Gasteiger partial charge in [-0.1, -0.05) is 20.8 Å². The predicted octanol–water partition coefficient (Wildman–Crippen LogP) is 4.01. The van der Waals surface area contributed by atoms with Crippen LogP contribution in [0.25, 0.3) is 0 Å². The third-order valence-corrected chi connectivity index (χ3v) is 5.65. The van der Waals surface area contributed by atoms with Crippen molar-refractivity contribution in [2.75, 3.05) is 6.61 Å². The summed E-state index contributed by atoms with van der Waals surface area (Å²) in [6.45, 7) is 9.41. The average molecular weight is 268 g/mol. The molecule has 2 heteroatoms. The standard InChI is InChI=1S/C17H32O2/c1-5-17(4,18)6-7-19-16-10-13-8-14(12(2)3)11-15(16)9-13/h12-16,18H,5-11H2,1-4H3. The lowest BCUT2D eigenvalue weighted by atomic mass is 9.75. The molecule has 2 aliphatic carbocycles. The van der Waals surface area contributed by atoms with E-state index in [0.717, 1.165) is 43.1 Å². The van der Waals surface area contributed by atoms with Crippen LogP contribution in [-0.4, -0.2) is 23.4 Å². The van der Waals surface area contributed by atoms with Crippen molar-refractivity contribution in [3.05, 3.63) is 0 Å². The normalized spacial score (nSPS) is 37.6. The molecule has 0 radical (unpaired) electrons. The summed E-state index contributed by atoms with van der Waals surface area (Å²) in [5, 5.41) is 10.0. The fourth-order valence-electron chi connectivity index (χ4n) is 3.91. The highest BCUT2D eigenvalue weighted by molar-refractivity contribution is 4.92. The second kappa shape index (κ2) is 6.13. The van der Waals surface area contributed by atoms with Crippen LogP contribution in [0.1, 0.15) is 66.2 Å². The van der Waals surface area contributed by atoms with Crippen LogP contribution in [0.3, 0.4) is 0 Å². The second-order valence-electron chi connectivity index (χ2n) is 7.58. The molecule has 0 aromatic carbocycles. The van der Waals surface area contributed by atoms with E-state index in [4.69, 9.17) is 4.74 Å². The molecule has 2 rings (SSSR count). The molecule has 0 spiro atoms. The van der Waals surface area contributed by atoms with Crippen molar-refractivity contribution in [3.8, 4) is 0 Å². The van der Waals surface area contributed by atoms with E-state index in [1.807, 2.05) is 13.8 Å². The molecule has 2 saturated carbocycles. The molecule has 2 bridgehead atoms. The van der Waals surface area contributed by atoms with Gasteiger partial charge in [-0.25, -0.2) is 0 Å². The lowest BCUT2D eigenvalue weighted by molar-refractivity contribution is -0.0258. The van der Waals surface area contributed by atoms with E-state index < -0.39 is 5.60 Å². The monoisotopic (exact) mass is 268 g/mol. The fraction of sp³-hybridized carbons (Fsp3) is 1.00. The molecule has 2 nitrogen and oxygen atoms in total. The summed E-state index contributed by atoms with van der Waals surface area (Å²) in [5.74, 6) is 3.43. The number of rotatable bonds is 6. The van der Waals surface area contributed by atoms with Crippen LogP contribution < -0.4 is 0 Å².